The molecule has 1 N–H and O–H groups in total. The maximum atomic E-state index is 14.0. The lowest BCUT2D eigenvalue weighted by atomic mass is 10.1. The summed E-state index contributed by atoms with van der Waals surface area (Å²) in [6.45, 7) is 0.501. The van der Waals surface area contributed by atoms with Crippen LogP contribution in [0, 0.1) is 0 Å². The van der Waals surface area contributed by atoms with Crippen LogP contribution in [0.4, 0.5) is 0 Å². The van der Waals surface area contributed by atoms with Crippen molar-refractivity contribution in [2.75, 3.05) is 27.3 Å². The average molecular weight is 598 g/mol. The maximum absolute atomic E-state index is 14.0. The number of aromatic nitrogens is 1. The van der Waals surface area contributed by atoms with E-state index in [-0.39, 0.29) is 23.4 Å². The fourth-order valence-electron chi connectivity index (χ4n) is 5.55. The van der Waals surface area contributed by atoms with Crippen molar-refractivity contribution in [3.05, 3.63) is 102 Å². The van der Waals surface area contributed by atoms with E-state index in [0.29, 0.717) is 31.0 Å². The molecule has 1 aliphatic carbocycles. The van der Waals surface area contributed by atoms with Crippen LogP contribution in [0.3, 0.4) is 0 Å². The number of carbonyl (C=O) groups is 1. The van der Waals surface area contributed by atoms with E-state index in [1.807, 2.05) is 72.9 Å². The van der Waals surface area contributed by atoms with Crippen molar-refractivity contribution in [1.29, 1.82) is 0 Å². The summed E-state index contributed by atoms with van der Waals surface area (Å²) in [5.74, 6) is 0.928. The minimum Gasteiger partial charge on any atom is -0.493 e. The van der Waals surface area contributed by atoms with Crippen LogP contribution in [0.5, 0.6) is 11.5 Å². The lowest BCUT2D eigenvalue weighted by Crippen LogP contribution is -2.44. The number of para-hydroxylation sites is 1. The van der Waals surface area contributed by atoms with Gasteiger partial charge in [0, 0.05) is 36.2 Å². The Kier molecular flexibility index (Phi) is 8.10. The Hall–Kier alpha value is -4.34. The van der Waals surface area contributed by atoms with Crippen molar-refractivity contribution >= 4 is 37.6 Å². The van der Waals surface area contributed by atoms with E-state index in [1.165, 1.54) is 4.31 Å². The van der Waals surface area contributed by atoms with E-state index >= 15 is 0 Å². The normalized spacial score (nSPS) is 13.5. The molecule has 1 fully saturated rings. The van der Waals surface area contributed by atoms with Crippen LogP contribution in [0.2, 0.25) is 0 Å². The third-order valence-electron chi connectivity index (χ3n) is 8.07. The lowest BCUT2D eigenvalue weighted by Gasteiger charge is -2.28. The van der Waals surface area contributed by atoms with E-state index in [1.54, 1.807) is 31.3 Å². The number of nitrogens with zero attached hydrogens (tertiary/aromatic N) is 2. The SMILES string of the molecule is COc1ccc(CN(CCc2c[nH]c3ccccc23)C(=O)CN(C2CC2)S(=O)(=O)c2ccc3ccccc3c2)cc1OC. The number of benzene rings is 4. The van der Waals surface area contributed by atoms with Crippen molar-refractivity contribution in [2.45, 2.75) is 36.7 Å². The third kappa shape index (κ3) is 6.09. The van der Waals surface area contributed by atoms with Gasteiger partial charge in [0.05, 0.1) is 25.7 Å². The number of rotatable bonds is 12. The van der Waals surface area contributed by atoms with Gasteiger partial charge >= 0.3 is 0 Å². The highest BCUT2D eigenvalue weighted by Gasteiger charge is 2.40. The molecular formula is C34H35N3O5S. The second kappa shape index (κ2) is 12.1. The molecule has 5 aromatic rings. The standard InChI is InChI=1S/C34H35N3O5S/c1-41-32-16-11-24(19-33(32)42-2)22-36(18-17-27-21-35-31-10-6-5-9-30(27)31)34(38)23-37(28-13-14-28)43(39,40)29-15-12-25-7-3-4-8-26(25)20-29/h3-12,15-16,19-21,28,35H,13-14,17-18,22-23H2,1-2H3. The van der Waals surface area contributed by atoms with Gasteiger partial charge < -0.3 is 19.4 Å². The monoisotopic (exact) mass is 597 g/mol. The maximum Gasteiger partial charge on any atom is 0.243 e. The van der Waals surface area contributed by atoms with E-state index in [4.69, 9.17) is 9.47 Å². The smallest absolute Gasteiger partial charge is 0.243 e. The molecule has 1 aliphatic rings. The van der Waals surface area contributed by atoms with Crippen molar-refractivity contribution in [3.8, 4) is 11.5 Å². The largest absolute Gasteiger partial charge is 0.493 e. The van der Waals surface area contributed by atoms with Crippen LogP contribution in [0.15, 0.2) is 96.0 Å². The highest BCUT2D eigenvalue weighted by molar-refractivity contribution is 7.89. The van der Waals surface area contributed by atoms with Crippen LogP contribution in [0.1, 0.15) is 24.0 Å². The van der Waals surface area contributed by atoms with Gasteiger partial charge in [-0.15, -0.1) is 0 Å². The number of H-pyrrole nitrogens is 1. The summed E-state index contributed by atoms with van der Waals surface area (Å²) in [6, 6.07) is 26.3. The molecule has 0 radical (unpaired) electrons. The molecule has 222 valence electrons. The van der Waals surface area contributed by atoms with Gasteiger partial charge in [0.25, 0.3) is 0 Å². The summed E-state index contributed by atoms with van der Waals surface area (Å²) in [7, 11) is -0.737. The molecular weight excluding hydrogens is 562 g/mol. The summed E-state index contributed by atoms with van der Waals surface area (Å²) in [4.78, 5) is 19.3. The van der Waals surface area contributed by atoms with Crippen LogP contribution >= 0.6 is 0 Å². The Bertz CT molecular complexity index is 1880. The van der Waals surface area contributed by atoms with E-state index in [9.17, 15) is 13.2 Å². The first kappa shape index (κ1) is 28.8. The number of sulfonamides is 1. The molecule has 6 rings (SSSR count). The minimum atomic E-state index is -3.89. The van der Waals surface area contributed by atoms with E-state index in [2.05, 4.69) is 11.1 Å². The highest BCUT2D eigenvalue weighted by atomic mass is 32.2. The number of methoxy groups -OCH3 is 2. The second-order valence-corrected chi connectivity index (χ2v) is 12.8. The van der Waals surface area contributed by atoms with Gasteiger partial charge in [-0.2, -0.15) is 4.31 Å². The zero-order valence-electron chi connectivity index (χ0n) is 24.3. The van der Waals surface area contributed by atoms with Crippen LogP contribution in [-0.2, 0) is 27.8 Å². The zero-order valence-corrected chi connectivity index (χ0v) is 25.1. The quantitative estimate of drug-likeness (QED) is 0.197. The Morgan fingerprint density at radius 2 is 1.63 bits per heavy atom. The van der Waals surface area contributed by atoms with Gasteiger partial charge in [0.2, 0.25) is 15.9 Å². The van der Waals surface area contributed by atoms with Gasteiger partial charge in [0.1, 0.15) is 0 Å². The molecule has 8 nitrogen and oxygen atoms in total. The number of aromatic amines is 1. The summed E-state index contributed by atoms with van der Waals surface area (Å²) in [5, 5.41) is 2.92. The van der Waals surface area contributed by atoms with Crippen LogP contribution in [-0.4, -0.2) is 61.9 Å². The lowest BCUT2D eigenvalue weighted by molar-refractivity contribution is -0.132. The third-order valence-corrected chi connectivity index (χ3v) is 9.97. The molecule has 0 unspecified atom stereocenters. The molecule has 0 spiro atoms. The second-order valence-electron chi connectivity index (χ2n) is 10.9. The first-order chi connectivity index (χ1) is 20.9. The molecule has 4 aromatic carbocycles. The van der Waals surface area contributed by atoms with Gasteiger partial charge in [0.15, 0.2) is 11.5 Å². The Morgan fingerprint density at radius 1 is 0.884 bits per heavy atom. The first-order valence-corrected chi connectivity index (χ1v) is 15.9. The number of amides is 1. The summed E-state index contributed by atoms with van der Waals surface area (Å²) < 4.78 is 40.2. The van der Waals surface area contributed by atoms with Gasteiger partial charge in [-0.25, -0.2) is 8.42 Å². The van der Waals surface area contributed by atoms with Gasteiger partial charge in [-0.1, -0.05) is 54.6 Å². The van der Waals surface area contributed by atoms with Crippen molar-refractivity contribution in [1.82, 2.24) is 14.2 Å². The van der Waals surface area contributed by atoms with Crippen molar-refractivity contribution < 1.29 is 22.7 Å². The molecule has 1 aromatic heterocycles. The van der Waals surface area contributed by atoms with Gasteiger partial charge in [-0.3, -0.25) is 4.79 Å². The molecule has 0 bridgehead atoms. The zero-order chi connectivity index (χ0) is 30.0. The first-order valence-electron chi connectivity index (χ1n) is 14.4. The van der Waals surface area contributed by atoms with Crippen molar-refractivity contribution in [2.24, 2.45) is 0 Å². The predicted octanol–water partition coefficient (Wildman–Crippen LogP) is 5.76. The van der Waals surface area contributed by atoms with Crippen molar-refractivity contribution in [3.63, 3.8) is 0 Å². The topological polar surface area (TPSA) is 91.9 Å². The Balaban J connectivity index is 1.28. The molecule has 43 heavy (non-hydrogen) atoms. The summed E-state index contributed by atoms with van der Waals surface area (Å²) >= 11 is 0. The molecule has 0 atom stereocenters. The predicted molar refractivity (Wildman–Crippen MR) is 168 cm³/mol. The number of fused-ring (bicyclic) bond motifs is 2. The number of carbonyl (C=O) groups excluding carboxylic acids is 1. The average Bonchev–Trinajstić information content (AvgIpc) is 3.80. The van der Waals surface area contributed by atoms with Gasteiger partial charge in [-0.05, 0) is 71.5 Å². The Morgan fingerprint density at radius 3 is 2.40 bits per heavy atom. The fourth-order valence-corrected chi connectivity index (χ4v) is 7.23. The number of ether oxygens (including phenoxy) is 2. The molecule has 0 saturated heterocycles. The van der Waals surface area contributed by atoms with E-state index in [0.717, 1.165) is 45.6 Å². The molecule has 1 heterocycles. The van der Waals surface area contributed by atoms with Crippen LogP contribution in [0.25, 0.3) is 21.7 Å². The number of nitrogens with one attached hydrogen (secondary N) is 1. The Labute approximate surface area is 251 Å². The summed E-state index contributed by atoms with van der Waals surface area (Å²) in [6.07, 6.45) is 4.07. The summed E-state index contributed by atoms with van der Waals surface area (Å²) in [5.41, 5.74) is 3.00. The molecule has 1 saturated carbocycles. The van der Waals surface area contributed by atoms with Crippen LogP contribution < -0.4 is 9.47 Å². The number of hydrogen-bond acceptors (Lipinski definition) is 5. The molecule has 1 amide bonds. The minimum absolute atomic E-state index is 0.183. The fraction of sp³-hybridized carbons (Fsp3) is 0.265. The molecule has 0 aliphatic heterocycles. The van der Waals surface area contributed by atoms with E-state index < -0.39 is 10.0 Å². The highest BCUT2D eigenvalue weighted by Crippen LogP contribution is 2.33. The molecule has 9 heteroatoms. The number of hydrogen-bond donors (Lipinski definition) is 1.